The van der Waals surface area contributed by atoms with Gasteiger partial charge in [-0.3, -0.25) is 4.79 Å². The Hall–Kier alpha value is -0.670. The molecule has 0 atom stereocenters. The van der Waals surface area contributed by atoms with Crippen LogP contribution in [0.2, 0.25) is 5.02 Å². The lowest BCUT2D eigenvalue weighted by Crippen LogP contribution is -2.00. The number of aliphatic carboxylic acids is 1. The Morgan fingerprint density at radius 3 is 2.71 bits per heavy atom. The lowest BCUT2D eigenvalue weighted by Gasteiger charge is -2.07. The molecule has 14 heavy (non-hydrogen) atoms. The minimum atomic E-state index is -0.836. The van der Waals surface area contributed by atoms with Crippen molar-refractivity contribution in [3.05, 3.63) is 28.3 Å². The van der Waals surface area contributed by atoms with Crippen LogP contribution in [0.5, 0.6) is 0 Å². The molecule has 0 aromatic heterocycles. The zero-order chi connectivity index (χ0) is 10.7. The zero-order valence-electron chi connectivity index (χ0n) is 8.00. The minimum absolute atomic E-state index is 0.0214. The summed E-state index contributed by atoms with van der Waals surface area (Å²) in [6.45, 7) is 1.93. The first kappa shape index (κ1) is 11.4. The molecule has 0 aliphatic rings. The number of hydrogen-bond acceptors (Lipinski definition) is 2. The second-order valence-corrected chi connectivity index (χ2v) is 4.23. The molecule has 0 spiro atoms. The normalized spacial score (nSPS) is 10.2. The predicted octanol–water partition coefficient (Wildman–Crippen LogP) is 3.00. The standard InChI is InChI=1S/C10H11ClO2S/c1-6-8(11)3-7(5-10(12)13)4-9(6)14-2/h3-4H,5H2,1-2H3,(H,12,13). The Bertz CT molecular complexity index is 363. The van der Waals surface area contributed by atoms with E-state index in [4.69, 9.17) is 16.7 Å². The quantitative estimate of drug-likeness (QED) is 0.812. The molecule has 4 heteroatoms. The monoisotopic (exact) mass is 230 g/mol. The van der Waals surface area contributed by atoms with Gasteiger partial charge >= 0.3 is 5.97 Å². The fraction of sp³-hybridized carbons (Fsp3) is 0.300. The third-order valence-electron chi connectivity index (χ3n) is 1.93. The molecule has 0 saturated carbocycles. The molecule has 2 nitrogen and oxygen atoms in total. The number of thioether (sulfide) groups is 1. The largest absolute Gasteiger partial charge is 0.481 e. The van der Waals surface area contributed by atoms with E-state index in [1.165, 1.54) is 0 Å². The molecule has 1 rings (SSSR count). The highest BCUT2D eigenvalue weighted by atomic mass is 35.5. The Kier molecular flexibility index (Phi) is 3.84. The van der Waals surface area contributed by atoms with Gasteiger partial charge in [-0.1, -0.05) is 11.6 Å². The van der Waals surface area contributed by atoms with Gasteiger partial charge in [-0.15, -0.1) is 11.8 Å². The summed E-state index contributed by atoms with van der Waals surface area (Å²) >= 11 is 7.55. The van der Waals surface area contributed by atoms with Crippen molar-refractivity contribution < 1.29 is 9.90 Å². The molecule has 0 aliphatic heterocycles. The summed E-state index contributed by atoms with van der Waals surface area (Å²) in [5, 5.41) is 9.27. The van der Waals surface area contributed by atoms with E-state index in [-0.39, 0.29) is 6.42 Å². The molecule has 76 valence electrons. The maximum atomic E-state index is 10.5. The van der Waals surface area contributed by atoms with Crippen LogP contribution in [0, 0.1) is 6.92 Å². The van der Waals surface area contributed by atoms with Crippen molar-refractivity contribution >= 4 is 29.3 Å². The third-order valence-corrected chi connectivity index (χ3v) is 3.19. The SMILES string of the molecule is CSc1cc(CC(=O)O)cc(Cl)c1C. The van der Waals surface area contributed by atoms with E-state index in [9.17, 15) is 4.79 Å². The fourth-order valence-corrected chi connectivity index (χ4v) is 2.18. The van der Waals surface area contributed by atoms with Crippen LogP contribution in [0.25, 0.3) is 0 Å². The number of carboxylic acids is 1. The van der Waals surface area contributed by atoms with E-state index in [1.807, 2.05) is 19.2 Å². The van der Waals surface area contributed by atoms with Crippen LogP contribution in [0.3, 0.4) is 0 Å². The summed E-state index contributed by atoms with van der Waals surface area (Å²) in [6, 6.07) is 3.59. The molecule has 0 saturated heterocycles. The van der Waals surface area contributed by atoms with Gasteiger partial charge in [0.25, 0.3) is 0 Å². The fourth-order valence-electron chi connectivity index (χ4n) is 1.20. The van der Waals surface area contributed by atoms with Crippen molar-refractivity contribution in [1.82, 2.24) is 0 Å². The summed E-state index contributed by atoms with van der Waals surface area (Å²) in [5.74, 6) is -0.836. The molecule has 1 aromatic carbocycles. The first-order valence-electron chi connectivity index (χ1n) is 4.09. The second kappa shape index (κ2) is 4.71. The van der Waals surface area contributed by atoms with E-state index < -0.39 is 5.97 Å². The Morgan fingerprint density at radius 1 is 1.57 bits per heavy atom. The molecule has 0 unspecified atom stereocenters. The van der Waals surface area contributed by atoms with Crippen molar-refractivity contribution in [3.8, 4) is 0 Å². The highest BCUT2D eigenvalue weighted by Crippen LogP contribution is 2.28. The van der Waals surface area contributed by atoms with Gasteiger partial charge in [-0.2, -0.15) is 0 Å². The number of halogens is 1. The van der Waals surface area contributed by atoms with Crippen LogP contribution < -0.4 is 0 Å². The lowest BCUT2D eigenvalue weighted by atomic mass is 10.1. The van der Waals surface area contributed by atoms with Crippen LogP contribution >= 0.6 is 23.4 Å². The number of hydrogen-bond donors (Lipinski definition) is 1. The van der Waals surface area contributed by atoms with E-state index in [2.05, 4.69) is 0 Å². The number of rotatable bonds is 3. The van der Waals surface area contributed by atoms with Crippen molar-refractivity contribution in [2.24, 2.45) is 0 Å². The first-order valence-corrected chi connectivity index (χ1v) is 5.69. The smallest absolute Gasteiger partial charge is 0.307 e. The maximum Gasteiger partial charge on any atom is 0.307 e. The highest BCUT2D eigenvalue weighted by Gasteiger charge is 2.07. The summed E-state index contributed by atoms with van der Waals surface area (Å²) < 4.78 is 0. The molecule has 0 amide bonds. The predicted molar refractivity (Wildman–Crippen MR) is 59.3 cm³/mol. The van der Waals surface area contributed by atoms with Gasteiger partial charge in [0.15, 0.2) is 0 Å². The molecule has 0 fully saturated rings. The Morgan fingerprint density at radius 2 is 2.21 bits per heavy atom. The van der Waals surface area contributed by atoms with Gasteiger partial charge in [-0.05, 0) is 36.4 Å². The van der Waals surface area contributed by atoms with Crippen LogP contribution in [0.4, 0.5) is 0 Å². The van der Waals surface area contributed by atoms with E-state index in [1.54, 1.807) is 17.8 Å². The average molecular weight is 231 g/mol. The summed E-state index contributed by atoms with van der Waals surface area (Å²) in [7, 11) is 0. The van der Waals surface area contributed by atoms with Crippen molar-refractivity contribution in [1.29, 1.82) is 0 Å². The molecule has 0 radical (unpaired) electrons. The summed E-state index contributed by atoms with van der Waals surface area (Å²) in [4.78, 5) is 11.6. The number of benzene rings is 1. The molecular formula is C10H11ClO2S. The molecule has 0 bridgehead atoms. The van der Waals surface area contributed by atoms with Gasteiger partial charge in [0.05, 0.1) is 6.42 Å². The van der Waals surface area contributed by atoms with E-state index >= 15 is 0 Å². The van der Waals surface area contributed by atoms with Crippen molar-refractivity contribution in [2.75, 3.05) is 6.26 Å². The topological polar surface area (TPSA) is 37.3 Å². The van der Waals surface area contributed by atoms with Crippen LogP contribution in [-0.4, -0.2) is 17.3 Å². The Balaban J connectivity index is 3.09. The number of carboxylic acid groups (broad SMARTS) is 1. The van der Waals surface area contributed by atoms with Gasteiger partial charge in [0.1, 0.15) is 0 Å². The average Bonchev–Trinajstić information content (AvgIpc) is 2.10. The third kappa shape index (κ3) is 2.66. The maximum absolute atomic E-state index is 10.5. The van der Waals surface area contributed by atoms with Gasteiger partial charge in [0, 0.05) is 9.92 Å². The summed E-state index contributed by atoms with van der Waals surface area (Å²) in [5.41, 5.74) is 1.76. The zero-order valence-corrected chi connectivity index (χ0v) is 9.58. The van der Waals surface area contributed by atoms with Gasteiger partial charge < -0.3 is 5.11 Å². The molecule has 1 N–H and O–H groups in total. The van der Waals surface area contributed by atoms with Crippen molar-refractivity contribution in [2.45, 2.75) is 18.2 Å². The van der Waals surface area contributed by atoms with Gasteiger partial charge in [0.2, 0.25) is 0 Å². The number of carbonyl (C=O) groups is 1. The second-order valence-electron chi connectivity index (χ2n) is 2.98. The van der Waals surface area contributed by atoms with Crippen LogP contribution in [0.1, 0.15) is 11.1 Å². The molecule has 0 heterocycles. The molecular weight excluding hydrogens is 220 g/mol. The van der Waals surface area contributed by atoms with Gasteiger partial charge in [-0.25, -0.2) is 0 Å². The van der Waals surface area contributed by atoms with Crippen LogP contribution in [0.15, 0.2) is 17.0 Å². The van der Waals surface area contributed by atoms with Crippen molar-refractivity contribution in [3.63, 3.8) is 0 Å². The molecule has 0 aliphatic carbocycles. The highest BCUT2D eigenvalue weighted by molar-refractivity contribution is 7.98. The molecule has 1 aromatic rings. The lowest BCUT2D eigenvalue weighted by molar-refractivity contribution is -0.136. The Labute approximate surface area is 92.3 Å². The van der Waals surface area contributed by atoms with E-state index in [0.717, 1.165) is 16.0 Å². The first-order chi connectivity index (χ1) is 6.54. The van der Waals surface area contributed by atoms with E-state index in [0.29, 0.717) is 5.02 Å². The van der Waals surface area contributed by atoms with Crippen LogP contribution in [-0.2, 0) is 11.2 Å². The summed E-state index contributed by atoms with van der Waals surface area (Å²) in [6.07, 6.45) is 1.97. The minimum Gasteiger partial charge on any atom is -0.481 e.